The van der Waals surface area contributed by atoms with E-state index in [-0.39, 0.29) is 5.82 Å². The summed E-state index contributed by atoms with van der Waals surface area (Å²) in [6.45, 7) is 2.10. The largest absolute Gasteiger partial charge is 0.206 e. The molecule has 0 spiro atoms. The van der Waals surface area contributed by atoms with Gasteiger partial charge in [0.1, 0.15) is 5.82 Å². The van der Waals surface area contributed by atoms with Crippen LogP contribution in [0.1, 0.15) is 25.3 Å². The van der Waals surface area contributed by atoms with Crippen molar-refractivity contribution in [3.8, 4) is 0 Å². The van der Waals surface area contributed by atoms with E-state index in [0.717, 1.165) is 12.8 Å². The maximum absolute atomic E-state index is 13.0. The molecule has 1 aromatic rings. The van der Waals surface area contributed by atoms with Crippen LogP contribution >= 0.6 is 0 Å². The minimum absolute atomic E-state index is 0.148. The highest BCUT2D eigenvalue weighted by Gasteiger charge is 1.93. The van der Waals surface area contributed by atoms with Crippen molar-refractivity contribution in [2.75, 3.05) is 0 Å². The zero-order chi connectivity index (χ0) is 8.81. The Morgan fingerprint density at radius 1 is 1.33 bits per heavy atom. The zero-order valence-corrected chi connectivity index (χ0v) is 7.26. The second kappa shape index (κ2) is 4.70. The Hall–Kier alpha value is -1.11. The van der Waals surface area contributed by atoms with Gasteiger partial charge in [-0.3, -0.25) is 0 Å². The molecular formula is C11H13F. The van der Waals surface area contributed by atoms with Gasteiger partial charge in [0.05, 0.1) is 0 Å². The number of halogens is 1. The van der Waals surface area contributed by atoms with Crippen LogP contribution in [0.5, 0.6) is 0 Å². The number of unbranched alkanes of at least 4 members (excludes halogenated alkanes) is 1. The second-order valence-corrected chi connectivity index (χ2v) is 2.71. The molecular weight excluding hydrogens is 151 g/mol. The van der Waals surface area contributed by atoms with Crippen molar-refractivity contribution >= 4 is 6.08 Å². The number of allylic oxidation sites excluding steroid dienone is 1. The van der Waals surface area contributed by atoms with Crippen LogP contribution < -0.4 is 0 Å². The van der Waals surface area contributed by atoms with Crippen molar-refractivity contribution in [3.63, 3.8) is 0 Å². The maximum atomic E-state index is 13.0. The standard InChI is InChI=1S/C11H13F/c1-2-3-4-7-10-8-5-6-9-11(10)12/h4-9H,2-3H2,1H3/b7-4+. The number of rotatable bonds is 3. The van der Waals surface area contributed by atoms with Crippen molar-refractivity contribution in [1.29, 1.82) is 0 Å². The first-order valence-corrected chi connectivity index (χ1v) is 4.25. The average Bonchev–Trinajstić information content (AvgIpc) is 2.09. The van der Waals surface area contributed by atoms with E-state index >= 15 is 0 Å². The van der Waals surface area contributed by atoms with E-state index in [4.69, 9.17) is 0 Å². The zero-order valence-electron chi connectivity index (χ0n) is 7.26. The summed E-state index contributed by atoms with van der Waals surface area (Å²) in [5.41, 5.74) is 0.672. The maximum Gasteiger partial charge on any atom is 0.130 e. The third-order valence-electron chi connectivity index (χ3n) is 1.66. The van der Waals surface area contributed by atoms with Gasteiger partial charge in [0.2, 0.25) is 0 Å². The van der Waals surface area contributed by atoms with E-state index in [0.29, 0.717) is 5.56 Å². The molecule has 0 N–H and O–H groups in total. The third kappa shape index (κ3) is 2.50. The molecule has 0 nitrogen and oxygen atoms in total. The monoisotopic (exact) mass is 164 g/mol. The average molecular weight is 164 g/mol. The summed E-state index contributed by atoms with van der Waals surface area (Å²) in [6.07, 6.45) is 5.94. The first-order chi connectivity index (χ1) is 5.84. The molecule has 1 rings (SSSR count). The van der Waals surface area contributed by atoms with Crippen LogP contribution in [0.3, 0.4) is 0 Å². The van der Waals surface area contributed by atoms with Crippen molar-refractivity contribution < 1.29 is 4.39 Å². The minimum Gasteiger partial charge on any atom is -0.206 e. The Bertz CT molecular complexity index is 263. The topological polar surface area (TPSA) is 0 Å². The fourth-order valence-electron chi connectivity index (χ4n) is 0.987. The normalized spacial score (nSPS) is 10.8. The van der Waals surface area contributed by atoms with Gasteiger partial charge in [-0.2, -0.15) is 0 Å². The molecule has 0 aromatic heterocycles. The van der Waals surface area contributed by atoms with Gasteiger partial charge in [-0.15, -0.1) is 0 Å². The van der Waals surface area contributed by atoms with Gasteiger partial charge in [-0.05, 0) is 12.5 Å². The third-order valence-corrected chi connectivity index (χ3v) is 1.66. The van der Waals surface area contributed by atoms with Crippen molar-refractivity contribution in [2.24, 2.45) is 0 Å². The highest BCUT2D eigenvalue weighted by atomic mass is 19.1. The predicted octanol–water partition coefficient (Wildman–Crippen LogP) is 3.64. The van der Waals surface area contributed by atoms with E-state index in [2.05, 4.69) is 6.92 Å². The van der Waals surface area contributed by atoms with Gasteiger partial charge < -0.3 is 0 Å². The van der Waals surface area contributed by atoms with E-state index in [9.17, 15) is 4.39 Å². The van der Waals surface area contributed by atoms with Gasteiger partial charge in [0.25, 0.3) is 0 Å². The Kier molecular flexibility index (Phi) is 3.52. The van der Waals surface area contributed by atoms with Crippen LogP contribution in [0, 0.1) is 5.82 Å². The lowest BCUT2D eigenvalue weighted by Gasteiger charge is -1.93. The molecule has 0 amide bonds. The number of hydrogen-bond donors (Lipinski definition) is 0. The van der Waals surface area contributed by atoms with Crippen LogP contribution in [-0.2, 0) is 0 Å². The van der Waals surface area contributed by atoms with Crippen molar-refractivity contribution in [1.82, 2.24) is 0 Å². The molecule has 0 radical (unpaired) electrons. The fourth-order valence-corrected chi connectivity index (χ4v) is 0.987. The molecule has 0 bridgehead atoms. The molecule has 0 unspecified atom stereocenters. The Morgan fingerprint density at radius 3 is 2.75 bits per heavy atom. The highest BCUT2D eigenvalue weighted by Crippen LogP contribution is 2.08. The lowest BCUT2D eigenvalue weighted by Crippen LogP contribution is -1.78. The Morgan fingerprint density at radius 2 is 2.08 bits per heavy atom. The smallest absolute Gasteiger partial charge is 0.130 e. The van der Waals surface area contributed by atoms with Crippen LogP contribution in [0.2, 0.25) is 0 Å². The minimum atomic E-state index is -0.148. The molecule has 0 fully saturated rings. The molecule has 0 atom stereocenters. The molecule has 0 aliphatic carbocycles. The molecule has 1 aromatic carbocycles. The summed E-state index contributed by atoms with van der Waals surface area (Å²) in [6, 6.07) is 6.80. The summed E-state index contributed by atoms with van der Waals surface area (Å²) in [5, 5.41) is 0. The van der Waals surface area contributed by atoms with Gasteiger partial charge in [0, 0.05) is 5.56 Å². The van der Waals surface area contributed by atoms with Crippen LogP contribution in [0.4, 0.5) is 4.39 Å². The second-order valence-electron chi connectivity index (χ2n) is 2.71. The highest BCUT2D eigenvalue weighted by molar-refractivity contribution is 5.49. The quantitative estimate of drug-likeness (QED) is 0.639. The van der Waals surface area contributed by atoms with E-state index in [1.165, 1.54) is 6.07 Å². The van der Waals surface area contributed by atoms with Crippen molar-refractivity contribution in [3.05, 3.63) is 41.7 Å². The van der Waals surface area contributed by atoms with Gasteiger partial charge >= 0.3 is 0 Å². The molecule has 0 saturated carbocycles. The first kappa shape index (κ1) is 8.98. The SMILES string of the molecule is CCC/C=C/c1ccccc1F. The van der Waals surface area contributed by atoms with Crippen LogP contribution in [0.15, 0.2) is 30.3 Å². The number of benzene rings is 1. The molecule has 1 heteroatoms. The summed E-state index contributed by atoms with van der Waals surface area (Å²) in [7, 11) is 0. The molecule has 0 aliphatic rings. The first-order valence-electron chi connectivity index (χ1n) is 4.25. The van der Waals surface area contributed by atoms with Gasteiger partial charge in [0.15, 0.2) is 0 Å². The van der Waals surface area contributed by atoms with Gasteiger partial charge in [-0.1, -0.05) is 43.7 Å². The van der Waals surface area contributed by atoms with Crippen molar-refractivity contribution in [2.45, 2.75) is 19.8 Å². The molecule has 12 heavy (non-hydrogen) atoms. The summed E-state index contributed by atoms with van der Waals surface area (Å²) in [4.78, 5) is 0. The Balaban J connectivity index is 2.68. The molecule has 0 heterocycles. The van der Waals surface area contributed by atoms with Gasteiger partial charge in [-0.25, -0.2) is 4.39 Å². The molecule has 0 aliphatic heterocycles. The van der Waals surface area contributed by atoms with E-state index in [1.54, 1.807) is 12.1 Å². The molecule has 0 saturated heterocycles. The fraction of sp³-hybridized carbons (Fsp3) is 0.273. The predicted molar refractivity (Wildman–Crippen MR) is 50.3 cm³/mol. The summed E-state index contributed by atoms with van der Waals surface area (Å²) in [5.74, 6) is -0.148. The van der Waals surface area contributed by atoms with Crippen LogP contribution in [0.25, 0.3) is 6.08 Å². The van der Waals surface area contributed by atoms with E-state index < -0.39 is 0 Å². The van der Waals surface area contributed by atoms with E-state index in [1.807, 2.05) is 18.2 Å². The lowest BCUT2D eigenvalue weighted by atomic mass is 10.2. The number of hydrogen-bond acceptors (Lipinski definition) is 0. The summed E-state index contributed by atoms with van der Waals surface area (Å²) >= 11 is 0. The molecule has 64 valence electrons. The summed E-state index contributed by atoms with van der Waals surface area (Å²) < 4.78 is 13.0. The van der Waals surface area contributed by atoms with Crippen LogP contribution in [-0.4, -0.2) is 0 Å². The Labute approximate surface area is 72.7 Å². The lowest BCUT2D eigenvalue weighted by molar-refractivity contribution is 0.625.